The second-order valence-corrected chi connectivity index (χ2v) is 4.83. The molecule has 0 heterocycles. The molecule has 0 amide bonds. The van der Waals surface area contributed by atoms with E-state index in [1.165, 1.54) is 0 Å². The van der Waals surface area contributed by atoms with E-state index in [4.69, 9.17) is 4.55 Å². The van der Waals surface area contributed by atoms with Crippen molar-refractivity contribution in [3.63, 3.8) is 0 Å². The summed E-state index contributed by atoms with van der Waals surface area (Å²) in [5.74, 6) is 0. The van der Waals surface area contributed by atoms with Crippen molar-refractivity contribution in [1.82, 2.24) is 0 Å². The van der Waals surface area contributed by atoms with Gasteiger partial charge >= 0.3 is 0 Å². The summed E-state index contributed by atoms with van der Waals surface area (Å²) >= 11 is 0. The molecule has 4 nitrogen and oxygen atoms in total. The van der Waals surface area contributed by atoms with Crippen LogP contribution in [0.4, 0.5) is 0 Å². The Morgan fingerprint density at radius 3 is 1.92 bits per heavy atom. The van der Waals surface area contributed by atoms with E-state index < -0.39 is 21.5 Å². The highest BCUT2D eigenvalue weighted by atomic mass is 32.2. The third-order valence-corrected chi connectivity index (χ3v) is 3.28. The minimum Gasteiger partial charge on any atom is -0.392 e. The van der Waals surface area contributed by atoms with Gasteiger partial charge in [0.1, 0.15) is 5.25 Å². The van der Waals surface area contributed by atoms with Gasteiger partial charge in [-0.3, -0.25) is 4.55 Å². The Hall–Kier alpha value is -0.130. The Bertz CT molecular complexity index is 222. The van der Waals surface area contributed by atoms with E-state index in [9.17, 15) is 13.5 Å². The molecular weight excluding hydrogens is 192 g/mol. The van der Waals surface area contributed by atoms with E-state index >= 15 is 0 Å². The SMILES string of the molecule is CCC[C@@H](O)[C@@H](CCC)S(=O)(=O)O. The second-order valence-electron chi connectivity index (χ2n) is 3.20. The van der Waals surface area contributed by atoms with Crippen molar-refractivity contribution in [2.24, 2.45) is 0 Å². The first-order valence-electron chi connectivity index (χ1n) is 4.57. The molecule has 0 rings (SSSR count). The van der Waals surface area contributed by atoms with E-state index in [-0.39, 0.29) is 0 Å². The van der Waals surface area contributed by atoms with Gasteiger partial charge in [0.15, 0.2) is 0 Å². The number of aliphatic hydroxyl groups is 1. The summed E-state index contributed by atoms with van der Waals surface area (Å²) in [6.07, 6.45) is 1.10. The monoisotopic (exact) mass is 210 g/mol. The van der Waals surface area contributed by atoms with Crippen molar-refractivity contribution in [3.8, 4) is 0 Å². The molecule has 0 fully saturated rings. The Balaban J connectivity index is 4.42. The fourth-order valence-electron chi connectivity index (χ4n) is 1.31. The first-order chi connectivity index (χ1) is 5.93. The number of hydrogen-bond donors (Lipinski definition) is 2. The van der Waals surface area contributed by atoms with E-state index in [1.54, 1.807) is 0 Å². The average molecular weight is 210 g/mol. The van der Waals surface area contributed by atoms with Crippen LogP contribution in [0.2, 0.25) is 0 Å². The minimum atomic E-state index is -4.10. The van der Waals surface area contributed by atoms with Crippen LogP contribution >= 0.6 is 0 Å². The Morgan fingerprint density at radius 2 is 1.62 bits per heavy atom. The van der Waals surface area contributed by atoms with Crippen LogP contribution in [0.5, 0.6) is 0 Å². The molecule has 0 aromatic carbocycles. The lowest BCUT2D eigenvalue weighted by Crippen LogP contribution is -2.33. The van der Waals surface area contributed by atoms with E-state index in [0.29, 0.717) is 25.7 Å². The lowest BCUT2D eigenvalue weighted by atomic mass is 10.1. The summed E-state index contributed by atoms with van der Waals surface area (Å²) < 4.78 is 30.5. The topological polar surface area (TPSA) is 74.6 Å². The Labute approximate surface area is 79.7 Å². The highest BCUT2D eigenvalue weighted by molar-refractivity contribution is 7.86. The molecule has 0 radical (unpaired) electrons. The molecular formula is C8H18O4S. The smallest absolute Gasteiger partial charge is 0.270 e. The zero-order valence-electron chi connectivity index (χ0n) is 8.10. The van der Waals surface area contributed by atoms with Crippen LogP contribution in [0.25, 0.3) is 0 Å². The minimum absolute atomic E-state index is 0.306. The van der Waals surface area contributed by atoms with E-state index in [1.807, 2.05) is 13.8 Å². The van der Waals surface area contributed by atoms with Crippen molar-refractivity contribution in [2.75, 3.05) is 0 Å². The average Bonchev–Trinajstić information content (AvgIpc) is 1.98. The molecule has 5 heteroatoms. The van der Waals surface area contributed by atoms with Crippen molar-refractivity contribution >= 4 is 10.1 Å². The molecule has 0 spiro atoms. The summed E-state index contributed by atoms with van der Waals surface area (Å²) in [5.41, 5.74) is 0. The van der Waals surface area contributed by atoms with Gasteiger partial charge < -0.3 is 5.11 Å². The van der Waals surface area contributed by atoms with Gasteiger partial charge in [0.25, 0.3) is 10.1 Å². The highest BCUT2D eigenvalue weighted by Crippen LogP contribution is 2.15. The number of aliphatic hydroxyl groups excluding tert-OH is 1. The molecule has 0 unspecified atom stereocenters. The van der Waals surface area contributed by atoms with E-state index in [0.717, 1.165) is 0 Å². The largest absolute Gasteiger partial charge is 0.392 e. The lowest BCUT2D eigenvalue weighted by molar-refractivity contribution is 0.150. The third kappa shape index (κ3) is 4.59. The third-order valence-electron chi connectivity index (χ3n) is 1.97. The molecule has 0 bridgehead atoms. The summed E-state index contributed by atoms with van der Waals surface area (Å²) in [5, 5.41) is 8.42. The number of hydrogen-bond acceptors (Lipinski definition) is 3. The summed E-state index contributed by atoms with van der Waals surface area (Å²) in [7, 11) is -4.10. The molecule has 0 aromatic heterocycles. The Kier molecular flexibility index (Phi) is 5.51. The predicted octanol–water partition coefficient (Wildman–Crippen LogP) is 1.20. The molecule has 0 saturated heterocycles. The molecule has 2 N–H and O–H groups in total. The fraction of sp³-hybridized carbons (Fsp3) is 1.00. The van der Waals surface area contributed by atoms with Gasteiger partial charge in [-0.2, -0.15) is 8.42 Å². The van der Waals surface area contributed by atoms with Gasteiger partial charge in [-0.05, 0) is 12.8 Å². The van der Waals surface area contributed by atoms with Crippen LogP contribution in [-0.2, 0) is 10.1 Å². The first-order valence-corrected chi connectivity index (χ1v) is 6.08. The molecule has 2 atom stereocenters. The molecule has 0 aliphatic rings. The zero-order valence-corrected chi connectivity index (χ0v) is 8.92. The van der Waals surface area contributed by atoms with Gasteiger partial charge in [-0.1, -0.05) is 26.7 Å². The zero-order chi connectivity index (χ0) is 10.5. The van der Waals surface area contributed by atoms with Crippen LogP contribution in [0.1, 0.15) is 39.5 Å². The van der Waals surface area contributed by atoms with Crippen molar-refractivity contribution < 1.29 is 18.1 Å². The first kappa shape index (κ1) is 12.9. The maximum Gasteiger partial charge on any atom is 0.270 e. The van der Waals surface area contributed by atoms with E-state index in [2.05, 4.69) is 0 Å². The standard InChI is InChI=1S/C8H18O4S/c1-3-5-7(9)8(6-4-2)13(10,11)12/h7-9H,3-6H2,1-2H3,(H,10,11,12)/t7-,8-/m1/s1. The van der Waals surface area contributed by atoms with Crippen molar-refractivity contribution in [2.45, 2.75) is 50.9 Å². The van der Waals surface area contributed by atoms with Gasteiger partial charge in [-0.15, -0.1) is 0 Å². The Morgan fingerprint density at radius 1 is 1.15 bits per heavy atom. The quantitative estimate of drug-likeness (QED) is 0.646. The van der Waals surface area contributed by atoms with Gasteiger partial charge in [-0.25, -0.2) is 0 Å². The maximum absolute atomic E-state index is 10.8. The molecule has 0 aliphatic carbocycles. The summed E-state index contributed by atoms with van der Waals surface area (Å²) in [4.78, 5) is 0. The van der Waals surface area contributed by atoms with Crippen LogP contribution in [-0.4, -0.2) is 29.4 Å². The van der Waals surface area contributed by atoms with Gasteiger partial charge in [0.05, 0.1) is 6.10 Å². The van der Waals surface area contributed by atoms with Gasteiger partial charge in [0, 0.05) is 0 Å². The van der Waals surface area contributed by atoms with Crippen LogP contribution in [0.15, 0.2) is 0 Å². The van der Waals surface area contributed by atoms with Gasteiger partial charge in [0.2, 0.25) is 0 Å². The molecule has 80 valence electrons. The predicted molar refractivity (Wildman–Crippen MR) is 51.2 cm³/mol. The number of rotatable bonds is 6. The second kappa shape index (κ2) is 5.57. The van der Waals surface area contributed by atoms with Crippen molar-refractivity contribution in [1.29, 1.82) is 0 Å². The molecule has 13 heavy (non-hydrogen) atoms. The summed E-state index contributed by atoms with van der Waals surface area (Å²) in [6.45, 7) is 3.67. The summed E-state index contributed by atoms with van der Waals surface area (Å²) in [6, 6.07) is 0. The van der Waals surface area contributed by atoms with Crippen LogP contribution in [0.3, 0.4) is 0 Å². The highest BCUT2D eigenvalue weighted by Gasteiger charge is 2.29. The fourth-order valence-corrected chi connectivity index (χ4v) is 2.37. The molecule has 0 saturated carbocycles. The molecule has 0 aromatic rings. The van der Waals surface area contributed by atoms with Crippen LogP contribution in [0, 0.1) is 0 Å². The van der Waals surface area contributed by atoms with Crippen LogP contribution < -0.4 is 0 Å². The van der Waals surface area contributed by atoms with Crippen molar-refractivity contribution in [3.05, 3.63) is 0 Å². The maximum atomic E-state index is 10.8. The lowest BCUT2D eigenvalue weighted by Gasteiger charge is -2.18. The normalized spacial score (nSPS) is 16.9. The molecule has 0 aliphatic heterocycles.